The van der Waals surface area contributed by atoms with Crippen molar-refractivity contribution in [1.82, 2.24) is 10.2 Å². The summed E-state index contributed by atoms with van der Waals surface area (Å²) in [6.07, 6.45) is 0. The van der Waals surface area contributed by atoms with E-state index in [0.29, 0.717) is 23.9 Å². The summed E-state index contributed by atoms with van der Waals surface area (Å²) in [4.78, 5) is 12.3. The molecule has 4 rings (SSSR count). The van der Waals surface area contributed by atoms with Crippen molar-refractivity contribution in [3.05, 3.63) is 70.7 Å². The van der Waals surface area contributed by atoms with E-state index in [9.17, 15) is 9.18 Å². The summed E-state index contributed by atoms with van der Waals surface area (Å²) >= 11 is 1.56. The molecule has 156 valence electrons. The lowest BCUT2D eigenvalue weighted by atomic mass is 10.0. The lowest BCUT2D eigenvalue weighted by Gasteiger charge is -2.19. The number of aromatic amines is 1. The molecule has 3 aromatic rings. The first-order valence-electron chi connectivity index (χ1n) is 9.52. The third-order valence-corrected chi connectivity index (χ3v) is 6.41. The summed E-state index contributed by atoms with van der Waals surface area (Å²) in [6, 6.07) is 11.9. The molecule has 6 nitrogen and oxygen atoms in total. The molecule has 2 heterocycles. The molecule has 0 spiro atoms. The Morgan fingerprint density at radius 3 is 2.67 bits per heavy atom. The summed E-state index contributed by atoms with van der Waals surface area (Å²) < 4.78 is 24.5. The molecule has 2 aromatic carbocycles. The predicted octanol–water partition coefficient (Wildman–Crippen LogP) is 4.61. The Balaban J connectivity index is 1.62. The number of rotatable bonds is 5. The van der Waals surface area contributed by atoms with Crippen LogP contribution in [0, 0.1) is 12.7 Å². The highest BCUT2D eigenvalue weighted by Gasteiger charge is 2.32. The summed E-state index contributed by atoms with van der Waals surface area (Å²) in [5, 5.41) is 9.78. The van der Waals surface area contributed by atoms with Gasteiger partial charge < -0.3 is 14.8 Å². The van der Waals surface area contributed by atoms with Gasteiger partial charge in [-0.2, -0.15) is 5.10 Å². The number of hydrogen-bond acceptors (Lipinski definition) is 5. The van der Waals surface area contributed by atoms with Gasteiger partial charge in [0.25, 0.3) is 0 Å². The van der Waals surface area contributed by atoms with Crippen molar-refractivity contribution in [2.75, 3.05) is 12.4 Å². The number of nitrogens with one attached hydrogen (secondary N) is 2. The quantitative estimate of drug-likeness (QED) is 0.622. The number of thioether (sulfide) groups is 1. The number of H-pyrrole nitrogens is 1. The molecule has 1 amide bonds. The third kappa shape index (κ3) is 4.00. The van der Waals surface area contributed by atoms with E-state index in [-0.39, 0.29) is 22.2 Å². The van der Waals surface area contributed by atoms with Gasteiger partial charge in [-0.3, -0.25) is 9.89 Å². The van der Waals surface area contributed by atoms with E-state index in [0.717, 1.165) is 22.4 Å². The number of nitrogens with zero attached hydrogens (tertiary/aromatic N) is 1. The van der Waals surface area contributed by atoms with Crippen LogP contribution in [0.2, 0.25) is 0 Å². The monoisotopic (exact) mass is 427 g/mol. The maximum Gasteiger partial charge on any atom is 0.238 e. The first-order valence-corrected chi connectivity index (χ1v) is 10.5. The number of aromatic nitrogens is 2. The van der Waals surface area contributed by atoms with Crippen LogP contribution in [-0.4, -0.2) is 28.5 Å². The average molecular weight is 428 g/mol. The molecule has 0 saturated heterocycles. The highest BCUT2D eigenvalue weighted by atomic mass is 32.2. The lowest BCUT2D eigenvalue weighted by molar-refractivity contribution is -0.115. The lowest BCUT2D eigenvalue weighted by Crippen LogP contribution is -2.21. The molecule has 2 atom stereocenters. The van der Waals surface area contributed by atoms with Gasteiger partial charge in [-0.25, -0.2) is 4.39 Å². The summed E-state index contributed by atoms with van der Waals surface area (Å²) in [7, 11) is 1.59. The van der Waals surface area contributed by atoms with Crippen molar-refractivity contribution >= 4 is 23.5 Å². The normalized spacial score (nSPS) is 18.3. The second-order valence-electron chi connectivity index (χ2n) is 7.08. The van der Waals surface area contributed by atoms with Crippen molar-refractivity contribution in [3.63, 3.8) is 0 Å². The minimum atomic E-state index is -0.280. The summed E-state index contributed by atoms with van der Waals surface area (Å²) in [6.45, 7) is 4.13. The van der Waals surface area contributed by atoms with Crippen LogP contribution in [0.25, 0.3) is 0 Å². The molecule has 8 heteroatoms. The number of amides is 1. The molecule has 0 fully saturated rings. The van der Waals surface area contributed by atoms with E-state index >= 15 is 0 Å². The fourth-order valence-electron chi connectivity index (χ4n) is 3.36. The third-order valence-electron chi connectivity index (χ3n) is 5.01. The zero-order valence-corrected chi connectivity index (χ0v) is 17.7. The largest absolute Gasteiger partial charge is 0.493 e. The van der Waals surface area contributed by atoms with Gasteiger partial charge in [0.2, 0.25) is 5.91 Å². The SMILES string of the molecule is COc1cc([C@@H]2S[C@H](C)C(=O)Nc3n[nH]c(C)c32)ccc1OCc1ccc(F)cc1. The number of anilines is 1. The van der Waals surface area contributed by atoms with Crippen molar-refractivity contribution in [1.29, 1.82) is 0 Å². The molecule has 0 unspecified atom stereocenters. The second-order valence-corrected chi connectivity index (χ2v) is 8.53. The second kappa shape index (κ2) is 8.39. The van der Waals surface area contributed by atoms with Crippen LogP contribution in [0.3, 0.4) is 0 Å². The van der Waals surface area contributed by atoms with E-state index in [1.165, 1.54) is 12.1 Å². The Labute approximate surface area is 178 Å². The van der Waals surface area contributed by atoms with Crippen molar-refractivity contribution in [2.45, 2.75) is 31.0 Å². The number of methoxy groups -OCH3 is 1. The zero-order chi connectivity index (χ0) is 21.3. The van der Waals surface area contributed by atoms with E-state index in [1.807, 2.05) is 32.0 Å². The Hall–Kier alpha value is -3.00. The number of hydrogen-bond donors (Lipinski definition) is 2. The standard InChI is InChI=1S/C22H22FN3O3S/c1-12-19-20(30-13(2)22(27)24-21(19)26-25-12)15-6-9-17(18(10-15)28-3)29-11-14-4-7-16(23)8-5-14/h4-10,13,20H,11H2,1-3H3,(H2,24,25,26,27)/t13-,20+/m1/s1. The van der Waals surface area contributed by atoms with Crippen LogP contribution in [0.4, 0.5) is 10.2 Å². The van der Waals surface area contributed by atoms with Crippen LogP contribution >= 0.6 is 11.8 Å². The first kappa shape index (κ1) is 20.3. The van der Waals surface area contributed by atoms with Gasteiger partial charge in [-0.05, 0) is 49.2 Å². The summed E-state index contributed by atoms with van der Waals surface area (Å²) in [5.74, 6) is 1.40. The minimum Gasteiger partial charge on any atom is -0.493 e. The van der Waals surface area contributed by atoms with Gasteiger partial charge in [0.15, 0.2) is 17.3 Å². The van der Waals surface area contributed by atoms with Crippen molar-refractivity contribution in [2.24, 2.45) is 0 Å². The molecule has 30 heavy (non-hydrogen) atoms. The molecule has 1 aliphatic heterocycles. The molecular weight excluding hydrogens is 405 g/mol. The Bertz CT molecular complexity index is 1070. The molecule has 0 bridgehead atoms. The number of fused-ring (bicyclic) bond motifs is 1. The number of halogens is 1. The van der Waals surface area contributed by atoms with Gasteiger partial charge in [0.05, 0.1) is 17.6 Å². The number of benzene rings is 2. The molecule has 0 aliphatic carbocycles. The van der Waals surface area contributed by atoms with Crippen LogP contribution < -0.4 is 14.8 Å². The van der Waals surface area contributed by atoms with Gasteiger partial charge in [-0.1, -0.05) is 18.2 Å². The van der Waals surface area contributed by atoms with E-state index in [2.05, 4.69) is 15.5 Å². The fourth-order valence-corrected chi connectivity index (χ4v) is 4.68. The summed E-state index contributed by atoms with van der Waals surface area (Å²) in [5.41, 5.74) is 3.71. The number of carbonyl (C=O) groups excluding carboxylic acids is 1. The van der Waals surface area contributed by atoms with E-state index in [4.69, 9.17) is 9.47 Å². The Morgan fingerprint density at radius 2 is 1.93 bits per heavy atom. The van der Waals surface area contributed by atoms with Gasteiger partial charge in [0.1, 0.15) is 12.4 Å². The maximum atomic E-state index is 13.1. The molecule has 2 N–H and O–H groups in total. The zero-order valence-electron chi connectivity index (χ0n) is 16.9. The smallest absolute Gasteiger partial charge is 0.238 e. The van der Waals surface area contributed by atoms with Crippen LogP contribution in [0.5, 0.6) is 11.5 Å². The Morgan fingerprint density at radius 1 is 1.17 bits per heavy atom. The minimum absolute atomic E-state index is 0.0681. The maximum absolute atomic E-state index is 13.1. The average Bonchev–Trinajstić information content (AvgIpc) is 3.04. The highest BCUT2D eigenvalue weighted by Crippen LogP contribution is 2.46. The van der Waals surface area contributed by atoms with Crippen LogP contribution in [0.15, 0.2) is 42.5 Å². The molecule has 1 aliphatic rings. The molecular formula is C22H22FN3O3S. The predicted molar refractivity (Wildman–Crippen MR) is 115 cm³/mol. The van der Waals surface area contributed by atoms with E-state index < -0.39 is 0 Å². The Kier molecular flexibility index (Phi) is 5.67. The van der Waals surface area contributed by atoms with Crippen molar-refractivity contribution < 1.29 is 18.7 Å². The van der Waals surface area contributed by atoms with Gasteiger partial charge in [0, 0.05) is 11.3 Å². The first-order chi connectivity index (χ1) is 14.5. The molecule has 1 aromatic heterocycles. The highest BCUT2D eigenvalue weighted by molar-refractivity contribution is 8.01. The van der Waals surface area contributed by atoms with Crippen molar-refractivity contribution in [3.8, 4) is 11.5 Å². The van der Waals surface area contributed by atoms with Gasteiger partial charge >= 0.3 is 0 Å². The topological polar surface area (TPSA) is 76.2 Å². The number of aryl methyl sites for hydroxylation is 1. The van der Waals surface area contributed by atoms with Gasteiger partial charge in [-0.15, -0.1) is 11.8 Å². The van der Waals surface area contributed by atoms with Crippen LogP contribution in [0.1, 0.15) is 34.6 Å². The number of carbonyl (C=O) groups is 1. The number of ether oxygens (including phenoxy) is 2. The van der Waals surface area contributed by atoms with Crippen LogP contribution in [-0.2, 0) is 11.4 Å². The van der Waals surface area contributed by atoms with E-state index in [1.54, 1.807) is 31.0 Å². The fraction of sp³-hybridized carbons (Fsp3) is 0.273. The molecule has 0 saturated carbocycles. The molecule has 0 radical (unpaired) electrons.